The molecule has 0 fully saturated rings. The molecule has 0 aromatic heterocycles. The van der Waals surface area contributed by atoms with E-state index < -0.39 is 0 Å². The Morgan fingerprint density at radius 1 is 1.36 bits per heavy atom. The second-order valence-electron chi connectivity index (χ2n) is 2.15. The smallest absolute Gasteiger partial charge is 1.00 e. The molecule has 0 heterocycles. The van der Waals surface area contributed by atoms with Gasteiger partial charge in [-0.15, -0.1) is 0 Å². The molecule has 0 aliphatic carbocycles. The summed E-state index contributed by atoms with van der Waals surface area (Å²) < 4.78 is 0. The van der Waals surface area contributed by atoms with Gasteiger partial charge in [-0.1, -0.05) is 20.3 Å². The number of rotatable bonds is 1. The van der Waals surface area contributed by atoms with Crippen molar-refractivity contribution in [2.24, 2.45) is 0 Å². The fourth-order valence-electron chi connectivity index (χ4n) is 0.847. The monoisotopic (exact) mass is 267 g/mol. The molecule has 61 valence electrons. The standard InChI is InChI=1S/C8H11.2ClH.Zr/c1-3-8-5-4-7(2)6-8;;;/h4-6H,3H2,1-2H3;2*1H;/q-1;;;+3/p-2. The first kappa shape index (κ1) is 17.8. The number of hydrogen-bond acceptors (Lipinski definition) is 0. The van der Waals surface area contributed by atoms with Gasteiger partial charge in [-0.05, 0) is 0 Å². The molecule has 0 bridgehead atoms. The Labute approximate surface area is 100 Å². The van der Waals surface area contributed by atoms with E-state index in [0.717, 1.165) is 6.42 Å². The topological polar surface area (TPSA) is 0 Å². The van der Waals surface area contributed by atoms with Gasteiger partial charge in [0.2, 0.25) is 0 Å². The van der Waals surface area contributed by atoms with Crippen LogP contribution in [0, 0.1) is 6.92 Å². The molecule has 0 aliphatic rings. The van der Waals surface area contributed by atoms with Gasteiger partial charge in [0.15, 0.2) is 0 Å². The van der Waals surface area contributed by atoms with E-state index >= 15 is 0 Å². The zero-order valence-electron chi connectivity index (χ0n) is 6.70. The molecule has 1 radical (unpaired) electrons. The van der Waals surface area contributed by atoms with Gasteiger partial charge >= 0.3 is 26.2 Å². The van der Waals surface area contributed by atoms with Crippen LogP contribution in [0.15, 0.2) is 18.2 Å². The maximum Gasteiger partial charge on any atom is 3.00 e. The average molecular weight is 269 g/mol. The van der Waals surface area contributed by atoms with Crippen LogP contribution in [0.25, 0.3) is 0 Å². The maximum absolute atomic E-state index is 2.22. The van der Waals surface area contributed by atoms with E-state index in [1.54, 1.807) is 0 Å². The van der Waals surface area contributed by atoms with Gasteiger partial charge < -0.3 is 24.8 Å². The van der Waals surface area contributed by atoms with Crippen molar-refractivity contribution in [2.75, 3.05) is 0 Å². The molecule has 0 unspecified atom stereocenters. The van der Waals surface area contributed by atoms with E-state index in [-0.39, 0.29) is 51.0 Å². The molecule has 0 saturated carbocycles. The van der Waals surface area contributed by atoms with Crippen LogP contribution in [0.2, 0.25) is 0 Å². The Bertz CT molecular complexity index is 172. The minimum absolute atomic E-state index is 0. The largest absolute Gasteiger partial charge is 3.00 e. The van der Waals surface area contributed by atoms with E-state index in [0.29, 0.717) is 0 Å². The minimum atomic E-state index is 0. The van der Waals surface area contributed by atoms with E-state index in [1.807, 2.05) is 0 Å². The summed E-state index contributed by atoms with van der Waals surface area (Å²) in [6, 6.07) is 6.55. The van der Waals surface area contributed by atoms with Crippen LogP contribution in [-0.2, 0) is 32.6 Å². The van der Waals surface area contributed by atoms with Crippen molar-refractivity contribution in [1.82, 2.24) is 0 Å². The van der Waals surface area contributed by atoms with Crippen LogP contribution in [0.5, 0.6) is 0 Å². The molecule has 0 amide bonds. The molecular formula is C8H11Cl2Zr. The van der Waals surface area contributed by atoms with Gasteiger partial charge in [-0.25, -0.2) is 11.6 Å². The fourth-order valence-corrected chi connectivity index (χ4v) is 0.847. The summed E-state index contributed by atoms with van der Waals surface area (Å²) >= 11 is 0. The second kappa shape index (κ2) is 8.91. The van der Waals surface area contributed by atoms with Crippen LogP contribution < -0.4 is 24.8 Å². The van der Waals surface area contributed by atoms with Crippen molar-refractivity contribution >= 4 is 0 Å². The van der Waals surface area contributed by atoms with E-state index in [4.69, 9.17) is 0 Å². The predicted molar refractivity (Wildman–Crippen MR) is 36.1 cm³/mol. The zero-order chi connectivity index (χ0) is 5.98. The van der Waals surface area contributed by atoms with Crippen molar-refractivity contribution in [2.45, 2.75) is 20.3 Å². The van der Waals surface area contributed by atoms with E-state index in [2.05, 4.69) is 32.0 Å². The molecule has 0 nitrogen and oxygen atoms in total. The third-order valence-corrected chi connectivity index (χ3v) is 1.38. The van der Waals surface area contributed by atoms with Crippen LogP contribution in [0.4, 0.5) is 0 Å². The van der Waals surface area contributed by atoms with Crippen LogP contribution in [-0.4, -0.2) is 0 Å². The maximum atomic E-state index is 2.22. The first-order valence-corrected chi connectivity index (χ1v) is 3.05. The SMILES string of the molecule is CC[c-]1ccc(C)c1.[Cl-].[Cl-].[Zr+3]. The zero-order valence-corrected chi connectivity index (χ0v) is 10.7. The van der Waals surface area contributed by atoms with Crippen molar-refractivity contribution in [3.8, 4) is 0 Å². The fraction of sp³-hybridized carbons (Fsp3) is 0.375. The average Bonchev–Trinajstić information content (AvgIpc) is 2.14. The quantitative estimate of drug-likeness (QED) is 0.460. The third-order valence-electron chi connectivity index (χ3n) is 1.38. The van der Waals surface area contributed by atoms with Gasteiger partial charge in [0, 0.05) is 0 Å². The summed E-state index contributed by atoms with van der Waals surface area (Å²) in [6.45, 7) is 4.30. The second-order valence-corrected chi connectivity index (χ2v) is 2.15. The predicted octanol–water partition coefficient (Wildman–Crippen LogP) is -3.72. The van der Waals surface area contributed by atoms with Crippen LogP contribution in [0.1, 0.15) is 18.1 Å². The normalized spacial score (nSPS) is 7.09. The Morgan fingerprint density at radius 2 is 1.91 bits per heavy atom. The number of hydrogen-bond donors (Lipinski definition) is 0. The van der Waals surface area contributed by atoms with Crippen LogP contribution in [0.3, 0.4) is 0 Å². The van der Waals surface area contributed by atoms with Gasteiger partial charge in [-0.3, -0.25) is 0 Å². The molecule has 11 heavy (non-hydrogen) atoms. The summed E-state index contributed by atoms with van der Waals surface area (Å²) in [5, 5.41) is 0. The summed E-state index contributed by atoms with van der Waals surface area (Å²) in [7, 11) is 0. The molecule has 1 aromatic rings. The molecule has 0 N–H and O–H groups in total. The Morgan fingerprint density at radius 3 is 2.09 bits per heavy atom. The molecule has 1 rings (SSSR count). The molecule has 0 spiro atoms. The van der Waals surface area contributed by atoms with Crippen molar-refractivity contribution in [3.63, 3.8) is 0 Å². The molecular weight excluding hydrogens is 258 g/mol. The molecule has 3 heteroatoms. The van der Waals surface area contributed by atoms with Gasteiger partial charge in [0.25, 0.3) is 0 Å². The third kappa shape index (κ3) is 6.02. The van der Waals surface area contributed by atoms with Crippen LogP contribution >= 0.6 is 0 Å². The molecule has 0 atom stereocenters. The van der Waals surface area contributed by atoms with Gasteiger partial charge in [0.1, 0.15) is 0 Å². The van der Waals surface area contributed by atoms with E-state index in [1.165, 1.54) is 11.1 Å². The van der Waals surface area contributed by atoms with Gasteiger partial charge in [0.05, 0.1) is 0 Å². The Balaban J connectivity index is -0.000000213. The first-order valence-electron chi connectivity index (χ1n) is 3.05. The van der Waals surface area contributed by atoms with Crippen molar-refractivity contribution < 1.29 is 51.0 Å². The van der Waals surface area contributed by atoms with E-state index in [9.17, 15) is 0 Å². The first-order chi connectivity index (χ1) is 3.83. The van der Waals surface area contributed by atoms with Crippen molar-refractivity contribution in [3.05, 3.63) is 29.3 Å². The Hall–Kier alpha value is 0.813. The summed E-state index contributed by atoms with van der Waals surface area (Å²) in [6.07, 6.45) is 1.16. The molecule has 1 aromatic carbocycles. The summed E-state index contributed by atoms with van der Waals surface area (Å²) in [4.78, 5) is 0. The summed E-state index contributed by atoms with van der Waals surface area (Å²) in [5.41, 5.74) is 2.82. The van der Waals surface area contributed by atoms with Crippen molar-refractivity contribution in [1.29, 1.82) is 0 Å². The minimum Gasteiger partial charge on any atom is -1.00 e. The van der Waals surface area contributed by atoms with Gasteiger partial charge in [-0.2, -0.15) is 17.7 Å². The number of halogens is 2. The molecule has 0 aliphatic heterocycles. The summed E-state index contributed by atoms with van der Waals surface area (Å²) in [5.74, 6) is 0. The molecule has 0 saturated heterocycles. The number of aryl methyl sites for hydroxylation is 2. The Kier molecular flexibility index (Phi) is 14.4.